The van der Waals surface area contributed by atoms with Crippen LogP contribution in [-0.2, 0) is 22.6 Å². The zero-order chi connectivity index (χ0) is 17.4. The number of carbonyl (C=O) groups excluding carboxylic acids is 2. The van der Waals surface area contributed by atoms with Crippen molar-refractivity contribution in [2.24, 2.45) is 11.8 Å². The van der Waals surface area contributed by atoms with Gasteiger partial charge >= 0.3 is 0 Å². The molecule has 3 aliphatic rings. The van der Waals surface area contributed by atoms with E-state index in [1.807, 2.05) is 11.0 Å². The summed E-state index contributed by atoms with van der Waals surface area (Å²) in [6.45, 7) is 2.61. The van der Waals surface area contributed by atoms with E-state index >= 15 is 0 Å². The quantitative estimate of drug-likeness (QED) is 0.881. The fourth-order valence-corrected chi connectivity index (χ4v) is 3.84. The summed E-state index contributed by atoms with van der Waals surface area (Å²) in [7, 11) is 0. The molecular weight excluding hydrogens is 321 g/mol. The van der Waals surface area contributed by atoms with Crippen molar-refractivity contribution >= 4 is 17.5 Å². The third-order valence-electron chi connectivity index (χ3n) is 5.50. The fraction of sp³-hybridized carbons (Fsp3) is 0.579. The largest absolute Gasteiger partial charge is 0.342 e. The lowest BCUT2D eigenvalue weighted by Crippen LogP contribution is -2.44. The van der Waals surface area contributed by atoms with E-state index in [0.717, 1.165) is 44.3 Å². The molecule has 134 valence electrons. The first-order valence-corrected chi connectivity index (χ1v) is 9.24. The fourth-order valence-electron chi connectivity index (χ4n) is 3.84. The van der Waals surface area contributed by atoms with E-state index in [4.69, 9.17) is 0 Å². The number of anilines is 1. The molecule has 5 nitrogen and oxygen atoms in total. The number of piperidine rings is 1. The van der Waals surface area contributed by atoms with Crippen molar-refractivity contribution in [2.75, 3.05) is 25.0 Å². The predicted molar refractivity (Wildman–Crippen MR) is 92.5 cm³/mol. The number of rotatable bonds is 3. The molecule has 1 atom stereocenters. The van der Waals surface area contributed by atoms with Gasteiger partial charge in [0.05, 0.1) is 11.6 Å². The lowest BCUT2D eigenvalue weighted by atomic mass is 9.96. The molecule has 4 rings (SSSR count). The summed E-state index contributed by atoms with van der Waals surface area (Å²) in [6, 6.07) is 3.53. The van der Waals surface area contributed by atoms with Gasteiger partial charge in [0.2, 0.25) is 11.8 Å². The Morgan fingerprint density at radius 2 is 2.04 bits per heavy atom. The second kappa shape index (κ2) is 6.75. The van der Waals surface area contributed by atoms with Gasteiger partial charge in [-0.25, -0.2) is 4.39 Å². The molecule has 1 saturated carbocycles. The van der Waals surface area contributed by atoms with Gasteiger partial charge in [-0.2, -0.15) is 0 Å². The Morgan fingerprint density at radius 3 is 2.84 bits per heavy atom. The number of carbonyl (C=O) groups is 2. The number of benzene rings is 1. The summed E-state index contributed by atoms with van der Waals surface area (Å²) in [4.78, 5) is 26.7. The molecule has 1 aromatic carbocycles. The summed E-state index contributed by atoms with van der Waals surface area (Å²) in [5.41, 5.74) is 1.92. The van der Waals surface area contributed by atoms with E-state index in [0.29, 0.717) is 25.1 Å². The molecule has 25 heavy (non-hydrogen) atoms. The van der Waals surface area contributed by atoms with E-state index < -0.39 is 0 Å². The Morgan fingerprint density at radius 1 is 1.20 bits per heavy atom. The van der Waals surface area contributed by atoms with Crippen LogP contribution in [0.25, 0.3) is 0 Å². The zero-order valence-corrected chi connectivity index (χ0v) is 14.3. The van der Waals surface area contributed by atoms with Crippen LogP contribution in [0, 0.1) is 17.7 Å². The Kier molecular flexibility index (Phi) is 4.46. The van der Waals surface area contributed by atoms with Gasteiger partial charge in [-0.05, 0) is 55.8 Å². The maximum absolute atomic E-state index is 14.7. The van der Waals surface area contributed by atoms with Crippen LogP contribution in [-0.4, -0.2) is 36.3 Å². The molecule has 1 aromatic rings. The van der Waals surface area contributed by atoms with Crippen molar-refractivity contribution in [3.63, 3.8) is 0 Å². The van der Waals surface area contributed by atoms with Gasteiger partial charge in [-0.15, -0.1) is 0 Å². The average molecular weight is 345 g/mol. The first kappa shape index (κ1) is 16.5. The lowest BCUT2D eigenvalue weighted by Gasteiger charge is -2.32. The van der Waals surface area contributed by atoms with Crippen LogP contribution in [0.1, 0.15) is 36.8 Å². The molecule has 6 heteroatoms. The second-order valence-electron chi connectivity index (χ2n) is 7.38. The number of hydrogen-bond acceptors (Lipinski definition) is 3. The summed E-state index contributed by atoms with van der Waals surface area (Å²) in [5, 5.41) is 5.98. The van der Waals surface area contributed by atoms with Gasteiger partial charge in [0.1, 0.15) is 5.82 Å². The number of hydrogen-bond donors (Lipinski definition) is 2. The first-order valence-electron chi connectivity index (χ1n) is 9.24. The highest BCUT2D eigenvalue weighted by atomic mass is 19.1. The Labute approximate surface area is 147 Å². The molecule has 2 N–H and O–H groups in total. The zero-order valence-electron chi connectivity index (χ0n) is 14.3. The molecule has 1 aliphatic carbocycles. The van der Waals surface area contributed by atoms with Crippen molar-refractivity contribution in [1.82, 2.24) is 10.2 Å². The van der Waals surface area contributed by atoms with Gasteiger partial charge in [0, 0.05) is 25.6 Å². The molecule has 1 saturated heterocycles. The molecular formula is C19H24FN3O2. The number of amides is 2. The SMILES string of the molecule is O=C(Nc1ccc2c(c1F)CCNC2)C1CCCN(C(=O)C2CC2)C1. The minimum absolute atomic E-state index is 0.175. The van der Waals surface area contributed by atoms with Crippen LogP contribution < -0.4 is 10.6 Å². The van der Waals surface area contributed by atoms with Gasteiger partial charge in [-0.1, -0.05) is 6.07 Å². The monoisotopic (exact) mass is 345 g/mol. The lowest BCUT2D eigenvalue weighted by molar-refractivity contribution is -0.135. The van der Waals surface area contributed by atoms with E-state index in [9.17, 15) is 14.0 Å². The van der Waals surface area contributed by atoms with Crippen LogP contribution in [0.3, 0.4) is 0 Å². The standard InChI is InChI=1S/C19H24FN3O2/c20-17-15-7-8-21-10-13(15)5-6-16(17)22-18(24)14-2-1-9-23(11-14)19(25)12-3-4-12/h5-6,12,14,21H,1-4,7-11H2,(H,22,24). The maximum Gasteiger partial charge on any atom is 0.229 e. The van der Waals surface area contributed by atoms with Crippen LogP contribution in [0.15, 0.2) is 12.1 Å². The Bertz CT molecular complexity index is 702. The molecule has 2 heterocycles. The smallest absolute Gasteiger partial charge is 0.229 e. The summed E-state index contributed by atoms with van der Waals surface area (Å²) < 4.78 is 14.7. The highest BCUT2D eigenvalue weighted by Gasteiger charge is 2.36. The van der Waals surface area contributed by atoms with Gasteiger partial charge < -0.3 is 15.5 Å². The molecule has 0 radical (unpaired) electrons. The van der Waals surface area contributed by atoms with Gasteiger partial charge in [0.15, 0.2) is 0 Å². The number of likely N-dealkylation sites (tertiary alicyclic amines) is 1. The topological polar surface area (TPSA) is 61.4 Å². The maximum atomic E-state index is 14.7. The third-order valence-corrected chi connectivity index (χ3v) is 5.50. The minimum Gasteiger partial charge on any atom is -0.342 e. The Balaban J connectivity index is 1.44. The van der Waals surface area contributed by atoms with Crippen molar-refractivity contribution in [2.45, 2.75) is 38.6 Å². The molecule has 0 bridgehead atoms. The summed E-state index contributed by atoms with van der Waals surface area (Å²) >= 11 is 0. The molecule has 2 aliphatic heterocycles. The van der Waals surface area contributed by atoms with Gasteiger partial charge in [-0.3, -0.25) is 9.59 Å². The summed E-state index contributed by atoms with van der Waals surface area (Å²) in [5.74, 6) is -0.387. The van der Waals surface area contributed by atoms with Crippen molar-refractivity contribution in [1.29, 1.82) is 0 Å². The molecule has 2 amide bonds. The molecule has 0 spiro atoms. The van der Waals surface area contributed by atoms with E-state index in [2.05, 4.69) is 10.6 Å². The van der Waals surface area contributed by atoms with Crippen molar-refractivity contribution in [3.8, 4) is 0 Å². The molecule has 0 aromatic heterocycles. The van der Waals surface area contributed by atoms with Crippen LogP contribution in [0.2, 0.25) is 0 Å². The van der Waals surface area contributed by atoms with Crippen LogP contribution in [0.4, 0.5) is 10.1 Å². The molecule has 1 unspecified atom stereocenters. The normalized spacial score (nSPS) is 23.1. The Hall–Kier alpha value is -1.95. The number of nitrogens with zero attached hydrogens (tertiary/aromatic N) is 1. The van der Waals surface area contributed by atoms with Crippen LogP contribution >= 0.6 is 0 Å². The number of fused-ring (bicyclic) bond motifs is 1. The first-order chi connectivity index (χ1) is 12.1. The number of nitrogens with one attached hydrogen (secondary N) is 2. The average Bonchev–Trinajstić information content (AvgIpc) is 3.49. The second-order valence-corrected chi connectivity index (χ2v) is 7.38. The third kappa shape index (κ3) is 3.40. The van der Waals surface area contributed by atoms with Crippen LogP contribution in [0.5, 0.6) is 0 Å². The van der Waals surface area contributed by atoms with E-state index in [1.165, 1.54) is 0 Å². The molecule has 2 fully saturated rings. The minimum atomic E-state index is -0.311. The van der Waals surface area contributed by atoms with E-state index in [-0.39, 0.29) is 35.2 Å². The van der Waals surface area contributed by atoms with Gasteiger partial charge in [0.25, 0.3) is 0 Å². The number of halogens is 1. The summed E-state index contributed by atoms with van der Waals surface area (Å²) in [6.07, 6.45) is 4.16. The predicted octanol–water partition coefficient (Wildman–Crippen LogP) is 2.06. The van der Waals surface area contributed by atoms with E-state index in [1.54, 1.807) is 6.07 Å². The highest BCUT2D eigenvalue weighted by molar-refractivity contribution is 5.93. The van der Waals surface area contributed by atoms with Crippen molar-refractivity contribution < 1.29 is 14.0 Å². The van der Waals surface area contributed by atoms with Crippen molar-refractivity contribution in [3.05, 3.63) is 29.1 Å². The highest BCUT2D eigenvalue weighted by Crippen LogP contribution is 2.33.